The zero-order valence-electron chi connectivity index (χ0n) is 12.2. The van der Waals surface area contributed by atoms with Crippen LogP contribution < -0.4 is 10.6 Å². The van der Waals surface area contributed by atoms with Crippen LogP contribution >= 0.6 is 0 Å². The highest BCUT2D eigenvalue weighted by atomic mass is 16.5. The molecule has 0 aliphatic heterocycles. The first-order valence-electron chi connectivity index (χ1n) is 7.32. The van der Waals surface area contributed by atoms with Crippen LogP contribution in [0.2, 0.25) is 0 Å². The minimum atomic E-state index is 0.599. The van der Waals surface area contributed by atoms with Crippen molar-refractivity contribution in [2.24, 2.45) is 16.8 Å². The molecule has 0 atom stereocenters. The maximum Gasteiger partial charge on any atom is 0.191 e. The third-order valence-electron chi connectivity index (χ3n) is 2.77. The maximum absolute atomic E-state index is 5.60. The summed E-state index contributed by atoms with van der Waals surface area (Å²) in [6.07, 6.45) is 3.77. The quantitative estimate of drug-likeness (QED) is 0.376. The Kier molecular flexibility index (Phi) is 7.81. The molecule has 4 nitrogen and oxygen atoms in total. The van der Waals surface area contributed by atoms with E-state index in [4.69, 9.17) is 4.74 Å². The van der Waals surface area contributed by atoms with Crippen LogP contribution in [0.4, 0.5) is 0 Å². The van der Waals surface area contributed by atoms with Crippen LogP contribution in [0.5, 0.6) is 0 Å². The van der Waals surface area contributed by atoms with E-state index in [2.05, 4.69) is 36.4 Å². The first kappa shape index (κ1) is 15.3. The Bertz CT molecular complexity index is 237. The van der Waals surface area contributed by atoms with Crippen LogP contribution in [-0.2, 0) is 4.74 Å². The van der Waals surface area contributed by atoms with E-state index in [9.17, 15) is 0 Å². The Morgan fingerprint density at radius 3 is 2.72 bits per heavy atom. The highest BCUT2D eigenvalue weighted by molar-refractivity contribution is 5.79. The molecule has 106 valence electrons. The van der Waals surface area contributed by atoms with Gasteiger partial charge in [-0.3, -0.25) is 4.99 Å². The van der Waals surface area contributed by atoms with E-state index in [1.54, 1.807) is 0 Å². The number of guanidine groups is 1. The SMILES string of the molecule is CCNC(=NCC(C)C)NCCCOCC1CC1. The van der Waals surface area contributed by atoms with Gasteiger partial charge in [-0.05, 0) is 38.0 Å². The number of hydrogen-bond donors (Lipinski definition) is 2. The molecule has 1 aliphatic rings. The van der Waals surface area contributed by atoms with E-state index in [1.165, 1.54) is 12.8 Å². The maximum atomic E-state index is 5.60. The van der Waals surface area contributed by atoms with E-state index in [1.807, 2.05) is 0 Å². The summed E-state index contributed by atoms with van der Waals surface area (Å²) >= 11 is 0. The molecule has 18 heavy (non-hydrogen) atoms. The number of rotatable bonds is 9. The van der Waals surface area contributed by atoms with E-state index in [-0.39, 0.29) is 0 Å². The lowest BCUT2D eigenvalue weighted by Gasteiger charge is -2.12. The summed E-state index contributed by atoms with van der Waals surface area (Å²) < 4.78 is 5.60. The van der Waals surface area contributed by atoms with Gasteiger partial charge < -0.3 is 15.4 Å². The van der Waals surface area contributed by atoms with Crippen molar-refractivity contribution >= 4 is 5.96 Å². The molecule has 0 aromatic heterocycles. The van der Waals surface area contributed by atoms with Gasteiger partial charge in [0, 0.05) is 32.8 Å². The standard InChI is InChI=1S/C14H29N3O/c1-4-15-14(17-10-12(2)3)16-8-5-9-18-11-13-6-7-13/h12-13H,4-11H2,1-3H3,(H2,15,16,17). The third kappa shape index (κ3) is 8.34. The van der Waals surface area contributed by atoms with Crippen molar-refractivity contribution in [3.8, 4) is 0 Å². The van der Waals surface area contributed by atoms with E-state index in [0.717, 1.165) is 51.1 Å². The predicted octanol–water partition coefficient (Wildman–Crippen LogP) is 2.01. The van der Waals surface area contributed by atoms with E-state index in [0.29, 0.717) is 5.92 Å². The lowest BCUT2D eigenvalue weighted by Crippen LogP contribution is -2.38. The summed E-state index contributed by atoms with van der Waals surface area (Å²) in [4.78, 5) is 4.52. The average molecular weight is 255 g/mol. The van der Waals surface area contributed by atoms with Crippen molar-refractivity contribution in [2.45, 2.75) is 40.0 Å². The molecule has 0 bridgehead atoms. The van der Waals surface area contributed by atoms with Crippen molar-refractivity contribution in [1.82, 2.24) is 10.6 Å². The molecule has 4 heteroatoms. The van der Waals surface area contributed by atoms with Gasteiger partial charge >= 0.3 is 0 Å². The van der Waals surface area contributed by atoms with Crippen LogP contribution in [0.15, 0.2) is 4.99 Å². The molecule has 0 unspecified atom stereocenters. The smallest absolute Gasteiger partial charge is 0.191 e. The second kappa shape index (κ2) is 9.20. The molecule has 0 amide bonds. The Hall–Kier alpha value is -0.770. The van der Waals surface area contributed by atoms with Gasteiger partial charge in [-0.1, -0.05) is 13.8 Å². The molecular formula is C14H29N3O. The summed E-state index contributed by atoms with van der Waals surface area (Å²) in [5.41, 5.74) is 0. The van der Waals surface area contributed by atoms with Gasteiger partial charge in [-0.25, -0.2) is 0 Å². The Balaban J connectivity index is 2.02. The number of nitrogens with one attached hydrogen (secondary N) is 2. The molecule has 0 aromatic rings. The van der Waals surface area contributed by atoms with E-state index < -0.39 is 0 Å². The fourth-order valence-corrected chi connectivity index (χ4v) is 1.53. The summed E-state index contributed by atoms with van der Waals surface area (Å²) in [5.74, 6) is 2.39. The van der Waals surface area contributed by atoms with Crippen molar-refractivity contribution in [3.05, 3.63) is 0 Å². The van der Waals surface area contributed by atoms with Crippen LogP contribution in [0.1, 0.15) is 40.0 Å². The summed E-state index contributed by atoms with van der Waals surface area (Å²) in [5, 5.41) is 6.59. The van der Waals surface area contributed by atoms with Crippen LogP contribution in [0.3, 0.4) is 0 Å². The molecule has 0 heterocycles. The number of ether oxygens (including phenoxy) is 1. The molecule has 1 rings (SSSR count). The van der Waals surface area contributed by atoms with Gasteiger partial charge in [0.1, 0.15) is 0 Å². The number of hydrogen-bond acceptors (Lipinski definition) is 2. The largest absolute Gasteiger partial charge is 0.381 e. The molecule has 2 N–H and O–H groups in total. The van der Waals surface area contributed by atoms with Gasteiger partial charge in [0.15, 0.2) is 5.96 Å². The number of nitrogens with zero attached hydrogens (tertiary/aromatic N) is 1. The first-order valence-corrected chi connectivity index (χ1v) is 7.32. The predicted molar refractivity (Wildman–Crippen MR) is 77.0 cm³/mol. The summed E-state index contributed by atoms with van der Waals surface area (Å²) in [7, 11) is 0. The fourth-order valence-electron chi connectivity index (χ4n) is 1.53. The lowest BCUT2D eigenvalue weighted by molar-refractivity contribution is 0.123. The van der Waals surface area contributed by atoms with Gasteiger partial charge in [0.25, 0.3) is 0 Å². The Morgan fingerprint density at radius 2 is 2.11 bits per heavy atom. The Labute approximate surface area is 112 Å². The Morgan fingerprint density at radius 1 is 1.33 bits per heavy atom. The summed E-state index contributed by atoms with van der Waals surface area (Å²) in [6, 6.07) is 0. The van der Waals surface area contributed by atoms with Crippen molar-refractivity contribution in [1.29, 1.82) is 0 Å². The minimum Gasteiger partial charge on any atom is -0.381 e. The average Bonchev–Trinajstić information content (AvgIpc) is 3.14. The summed E-state index contributed by atoms with van der Waals surface area (Å²) in [6.45, 7) is 11.0. The van der Waals surface area contributed by atoms with E-state index >= 15 is 0 Å². The molecule has 0 aromatic carbocycles. The fraction of sp³-hybridized carbons (Fsp3) is 0.929. The lowest BCUT2D eigenvalue weighted by atomic mass is 10.2. The molecular weight excluding hydrogens is 226 g/mol. The van der Waals surface area contributed by atoms with Crippen LogP contribution in [-0.4, -0.2) is 38.8 Å². The van der Waals surface area contributed by atoms with Gasteiger partial charge in [0.2, 0.25) is 0 Å². The van der Waals surface area contributed by atoms with Gasteiger partial charge in [-0.15, -0.1) is 0 Å². The molecule has 0 saturated heterocycles. The second-order valence-corrected chi connectivity index (χ2v) is 5.41. The normalized spacial score (nSPS) is 16.1. The van der Waals surface area contributed by atoms with Crippen LogP contribution in [0, 0.1) is 11.8 Å². The monoisotopic (exact) mass is 255 g/mol. The molecule has 1 fully saturated rings. The van der Waals surface area contributed by atoms with Crippen molar-refractivity contribution < 1.29 is 4.74 Å². The minimum absolute atomic E-state index is 0.599. The highest BCUT2D eigenvalue weighted by Crippen LogP contribution is 2.28. The second-order valence-electron chi connectivity index (χ2n) is 5.41. The molecule has 0 spiro atoms. The first-order chi connectivity index (χ1) is 8.72. The molecule has 1 saturated carbocycles. The molecule has 1 aliphatic carbocycles. The van der Waals surface area contributed by atoms with Crippen LogP contribution in [0.25, 0.3) is 0 Å². The number of aliphatic imine (C=N–C) groups is 1. The zero-order valence-corrected chi connectivity index (χ0v) is 12.2. The third-order valence-corrected chi connectivity index (χ3v) is 2.77. The molecule has 0 radical (unpaired) electrons. The highest BCUT2D eigenvalue weighted by Gasteiger charge is 2.20. The zero-order chi connectivity index (χ0) is 13.2. The van der Waals surface area contributed by atoms with Crippen molar-refractivity contribution in [3.63, 3.8) is 0 Å². The van der Waals surface area contributed by atoms with Gasteiger partial charge in [-0.2, -0.15) is 0 Å². The van der Waals surface area contributed by atoms with Crippen molar-refractivity contribution in [2.75, 3.05) is 32.8 Å². The topological polar surface area (TPSA) is 45.7 Å². The van der Waals surface area contributed by atoms with Gasteiger partial charge in [0.05, 0.1) is 0 Å².